The van der Waals surface area contributed by atoms with Gasteiger partial charge in [-0.1, -0.05) is 0 Å². The zero-order chi connectivity index (χ0) is 9.90. The predicted molar refractivity (Wildman–Crippen MR) is 55.1 cm³/mol. The Kier molecular flexibility index (Phi) is 3.41. The summed E-state index contributed by atoms with van der Waals surface area (Å²) in [4.78, 5) is 4.31. The topological polar surface area (TPSA) is 45.1 Å². The summed E-state index contributed by atoms with van der Waals surface area (Å²) in [6, 6.07) is 0. The van der Waals surface area contributed by atoms with Crippen LogP contribution in [0.5, 0.6) is 0 Å². The Balaban J connectivity index is 2.57. The van der Waals surface area contributed by atoms with Gasteiger partial charge in [0.25, 0.3) is 0 Å². The Hall–Kier alpha value is -0.450. The van der Waals surface area contributed by atoms with E-state index >= 15 is 0 Å². The molecule has 0 radical (unpaired) electrons. The lowest BCUT2D eigenvalue weighted by molar-refractivity contribution is 0.0622. The van der Waals surface area contributed by atoms with Crippen LogP contribution < -0.4 is 5.32 Å². The molecule has 0 aliphatic heterocycles. The van der Waals surface area contributed by atoms with E-state index in [0.717, 1.165) is 10.7 Å². The van der Waals surface area contributed by atoms with Crippen LogP contribution in [-0.4, -0.2) is 29.3 Å². The first-order valence-corrected chi connectivity index (χ1v) is 5.19. The molecular formula is C9H16N2OS. The lowest BCUT2D eigenvalue weighted by Gasteiger charge is -2.21. The number of thiazole rings is 1. The third-order valence-corrected chi connectivity index (χ3v) is 2.72. The molecule has 1 atom stereocenters. The van der Waals surface area contributed by atoms with Crippen LogP contribution in [0.2, 0.25) is 0 Å². The summed E-state index contributed by atoms with van der Waals surface area (Å²) < 4.78 is 0. The summed E-state index contributed by atoms with van der Waals surface area (Å²) in [7, 11) is 1.83. The molecule has 1 aromatic rings. The molecule has 0 fully saturated rings. The Bertz CT molecular complexity index is 270. The molecule has 0 saturated carbocycles. The molecule has 0 aliphatic carbocycles. The number of nitrogens with zero attached hydrogens (tertiary/aromatic N) is 1. The van der Waals surface area contributed by atoms with Crippen LogP contribution >= 0.6 is 11.3 Å². The monoisotopic (exact) mass is 200 g/mol. The van der Waals surface area contributed by atoms with Gasteiger partial charge in [0.05, 0.1) is 10.6 Å². The fourth-order valence-electron chi connectivity index (χ4n) is 1.25. The van der Waals surface area contributed by atoms with Crippen LogP contribution in [0.1, 0.15) is 17.6 Å². The van der Waals surface area contributed by atoms with Crippen molar-refractivity contribution in [3.63, 3.8) is 0 Å². The number of likely N-dealkylation sites (N-methyl/N-ethyl adjacent to an activating group) is 1. The molecule has 0 aromatic carbocycles. The first-order valence-electron chi connectivity index (χ1n) is 4.31. The minimum atomic E-state index is -0.695. The minimum Gasteiger partial charge on any atom is -0.388 e. The number of rotatable bonds is 4. The number of aryl methyl sites for hydroxylation is 1. The average molecular weight is 200 g/mol. The maximum Gasteiger partial charge on any atom is 0.0957 e. The third kappa shape index (κ3) is 3.42. The van der Waals surface area contributed by atoms with Crippen LogP contribution in [0.4, 0.5) is 0 Å². The highest BCUT2D eigenvalue weighted by Crippen LogP contribution is 2.16. The first-order chi connectivity index (χ1) is 6.03. The first kappa shape index (κ1) is 10.6. The zero-order valence-electron chi connectivity index (χ0n) is 8.29. The molecule has 2 N–H and O–H groups in total. The van der Waals surface area contributed by atoms with E-state index in [4.69, 9.17) is 0 Å². The molecule has 0 saturated heterocycles. The van der Waals surface area contributed by atoms with Gasteiger partial charge in [0.2, 0.25) is 0 Å². The quantitative estimate of drug-likeness (QED) is 0.761. The highest BCUT2D eigenvalue weighted by Gasteiger charge is 2.21. The van der Waals surface area contributed by atoms with Gasteiger partial charge in [0.1, 0.15) is 0 Å². The Morgan fingerprint density at radius 3 is 2.85 bits per heavy atom. The molecule has 0 spiro atoms. The van der Waals surface area contributed by atoms with E-state index in [0.29, 0.717) is 13.0 Å². The van der Waals surface area contributed by atoms with Gasteiger partial charge in [-0.05, 0) is 20.9 Å². The Labute approximate surface area is 82.8 Å². The third-order valence-electron chi connectivity index (χ3n) is 1.76. The maximum atomic E-state index is 9.88. The zero-order valence-corrected chi connectivity index (χ0v) is 9.11. The van der Waals surface area contributed by atoms with Gasteiger partial charge in [0, 0.05) is 24.0 Å². The summed E-state index contributed by atoms with van der Waals surface area (Å²) in [6.45, 7) is 4.37. The van der Waals surface area contributed by atoms with Crippen molar-refractivity contribution in [1.82, 2.24) is 10.3 Å². The van der Waals surface area contributed by atoms with E-state index in [1.165, 1.54) is 0 Å². The van der Waals surface area contributed by atoms with Gasteiger partial charge in [-0.2, -0.15) is 0 Å². The van der Waals surface area contributed by atoms with Crippen molar-refractivity contribution < 1.29 is 5.11 Å². The molecule has 1 heterocycles. The smallest absolute Gasteiger partial charge is 0.0957 e. The largest absolute Gasteiger partial charge is 0.388 e. The predicted octanol–water partition coefficient (Wildman–Crippen LogP) is 0.964. The van der Waals surface area contributed by atoms with Crippen molar-refractivity contribution >= 4 is 11.3 Å². The maximum absolute atomic E-state index is 9.88. The standard InChI is InChI=1S/C9H16N2OS/c1-7-5-13-8(11-7)4-9(2,12)6-10-3/h5,10,12H,4,6H2,1-3H3. The van der Waals surface area contributed by atoms with Gasteiger partial charge >= 0.3 is 0 Å². The van der Waals surface area contributed by atoms with Crippen LogP contribution in [0.3, 0.4) is 0 Å². The van der Waals surface area contributed by atoms with E-state index in [1.54, 1.807) is 11.3 Å². The molecule has 1 rings (SSSR count). The Morgan fingerprint density at radius 1 is 1.69 bits per heavy atom. The molecule has 0 aliphatic rings. The van der Waals surface area contributed by atoms with E-state index in [9.17, 15) is 5.11 Å². The van der Waals surface area contributed by atoms with Gasteiger partial charge in [-0.15, -0.1) is 11.3 Å². The fourth-order valence-corrected chi connectivity index (χ4v) is 2.20. The van der Waals surface area contributed by atoms with Crippen LogP contribution in [0.15, 0.2) is 5.38 Å². The average Bonchev–Trinajstić information content (AvgIpc) is 2.34. The molecule has 1 aromatic heterocycles. The minimum absolute atomic E-state index is 0.589. The number of aromatic nitrogens is 1. The Morgan fingerprint density at radius 2 is 2.38 bits per heavy atom. The molecule has 13 heavy (non-hydrogen) atoms. The second kappa shape index (κ2) is 4.17. The second-order valence-electron chi connectivity index (χ2n) is 3.59. The highest BCUT2D eigenvalue weighted by atomic mass is 32.1. The van der Waals surface area contributed by atoms with E-state index in [-0.39, 0.29) is 0 Å². The molecular weight excluding hydrogens is 184 g/mol. The van der Waals surface area contributed by atoms with Crippen LogP contribution in [-0.2, 0) is 6.42 Å². The van der Waals surface area contributed by atoms with Gasteiger partial charge in [0.15, 0.2) is 0 Å². The molecule has 0 amide bonds. The van der Waals surface area contributed by atoms with E-state index in [1.807, 2.05) is 26.3 Å². The fraction of sp³-hybridized carbons (Fsp3) is 0.667. The van der Waals surface area contributed by atoms with E-state index in [2.05, 4.69) is 10.3 Å². The highest BCUT2D eigenvalue weighted by molar-refractivity contribution is 7.09. The van der Waals surface area contributed by atoms with Crippen molar-refractivity contribution in [2.24, 2.45) is 0 Å². The van der Waals surface area contributed by atoms with Crippen molar-refractivity contribution in [3.05, 3.63) is 16.1 Å². The van der Waals surface area contributed by atoms with E-state index < -0.39 is 5.60 Å². The summed E-state index contributed by atoms with van der Waals surface area (Å²) in [5, 5.41) is 15.8. The van der Waals surface area contributed by atoms with Gasteiger partial charge < -0.3 is 10.4 Å². The van der Waals surface area contributed by atoms with Crippen LogP contribution in [0.25, 0.3) is 0 Å². The number of aliphatic hydroxyl groups is 1. The lowest BCUT2D eigenvalue weighted by atomic mass is 10.0. The summed E-state index contributed by atoms with van der Waals surface area (Å²) in [5.74, 6) is 0. The molecule has 1 unspecified atom stereocenters. The number of hydrogen-bond acceptors (Lipinski definition) is 4. The summed E-state index contributed by atoms with van der Waals surface area (Å²) in [5.41, 5.74) is 0.333. The SMILES string of the molecule is CNCC(C)(O)Cc1nc(C)cs1. The molecule has 0 bridgehead atoms. The summed E-state index contributed by atoms with van der Waals surface area (Å²) >= 11 is 1.60. The molecule has 74 valence electrons. The van der Waals surface area contributed by atoms with Crippen molar-refractivity contribution in [2.75, 3.05) is 13.6 Å². The van der Waals surface area contributed by atoms with Gasteiger partial charge in [-0.3, -0.25) is 0 Å². The second-order valence-corrected chi connectivity index (χ2v) is 4.53. The number of nitrogens with one attached hydrogen (secondary N) is 1. The lowest BCUT2D eigenvalue weighted by Crippen LogP contribution is -2.38. The number of hydrogen-bond donors (Lipinski definition) is 2. The normalized spacial score (nSPS) is 15.7. The molecule has 3 nitrogen and oxygen atoms in total. The van der Waals surface area contributed by atoms with Crippen molar-refractivity contribution in [1.29, 1.82) is 0 Å². The van der Waals surface area contributed by atoms with Gasteiger partial charge in [-0.25, -0.2) is 4.98 Å². The summed E-state index contributed by atoms with van der Waals surface area (Å²) in [6.07, 6.45) is 0.617. The molecule has 4 heteroatoms. The van der Waals surface area contributed by atoms with Crippen LogP contribution in [0, 0.1) is 6.92 Å². The van der Waals surface area contributed by atoms with Crippen molar-refractivity contribution in [2.45, 2.75) is 25.9 Å². The van der Waals surface area contributed by atoms with Crippen molar-refractivity contribution in [3.8, 4) is 0 Å².